The van der Waals surface area contributed by atoms with Crippen molar-refractivity contribution in [3.8, 4) is 0 Å². The van der Waals surface area contributed by atoms with E-state index in [4.69, 9.17) is 4.74 Å². The largest absolute Gasteiger partial charge is 0.375 e. The van der Waals surface area contributed by atoms with E-state index in [0.717, 1.165) is 43.7 Å². The summed E-state index contributed by atoms with van der Waals surface area (Å²) in [5.74, 6) is 1.08. The number of methoxy groups -OCH3 is 1. The molecule has 1 amide bonds. The number of nitrogens with zero attached hydrogens (tertiary/aromatic N) is 3. The van der Waals surface area contributed by atoms with Gasteiger partial charge in [0, 0.05) is 38.7 Å². The molecule has 0 unspecified atom stereocenters. The summed E-state index contributed by atoms with van der Waals surface area (Å²) in [7, 11) is 1.53. The van der Waals surface area contributed by atoms with Crippen LogP contribution in [0.3, 0.4) is 0 Å². The van der Waals surface area contributed by atoms with E-state index in [9.17, 15) is 9.59 Å². The molecule has 0 bridgehead atoms. The number of amides is 1. The number of carbonyl (C=O) groups is 2. The second-order valence-corrected chi connectivity index (χ2v) is 5.98. The summed E-state index contributed by atoms with van der Waals surface area (Å²) in [6.07, 6.45) is 5.90. The molecule has 1 aliphatic heterocycles. The van der Waals surface area contributed by atoms with Crippen LogP contribution in [0.2, 0.25) is 0 Å². The number of fused-ring (bicyclic) bond motifs is 1. The lowest BCUT2D eigenvalue weighted by Gasteiger charge is -2.32. The van der Waals surface area contributed by atoms with Crippen molar-refractivity contribution in [1.29, 1.82) is 0 Å². The monoisotopic (exact) mass is 303 g/mol. The highest BCUT2D eigenvalue weighted by Gasteiger charge is 2.28. The molecule has 0 aromatic carbocycles. The van der Waals surface area contributed by atoms with E-state index in [1.807, 2.05) is 4.90 Å². The van der Waals surface area contributed by atoms with Gasteiger partial charge in [-0.15, -0.1) is 0 Å². The minimum Gasteiger partial charge on any atom is -0.375 e. The van der Waals surface area contributed by atoms with E-state index >= 15 is 0 Å². The van der Waals surface area contributed by atoms with Gasteiger partial charge in [-0.1, -0.05) is 0 Å². The number of piperidine rings is 1. The van der Waals surface area contributed by atoms with Crippen molar-refractivity contribution in [1.82, 2.24) is 14.9 Å². The lowest BCUT2D eigenvalue weighted by Crippen LogP contribution is -2.41. The molecule has 3 rings (SSSR count). The number of carbonyl (C=O) groups excluding carboxylic acids is 2. The van der Waals surface area contributed by atoms with Crippen molar-refractivity contribution in [2.45, 2.75) is 38.0 Å². The smallest absolute Gasteiger partial charge is 0.248 e. The van der Waals surface area contributed by atoms with E-state index in [0.29, 0.717) is 18.5 Å². The van der Waals surface area contributed by atoms with Crippen LogP contribution in [0.4, 0.5) is 0 Å². The van der Waals surface area contributed by atoms with Crippen molar-refractivity contribution in [2.24, 2.45) is 0 Å². The molecule has 0 saturated carbocycles. The SMILES string of the molecule is COCC(=O)N1CCC[C@H](c2ncc3c(n2)CCCC3=O)C1. The number of rotatable bonds is 3. The molecular weight excluding hydrogens is 282 g/mol. The van der Waals surface area contributed by atoms with Gasteiger partial charge >= 0.3 is 0 Å². The van der Waals surface area contributed by atoms with Crippen LogP contribution in [-0.2, 0) is 16.0 Å². The van der Waals surface area contributed by atoms with Crippen LogP contribution in [0, 0.1) is 0 Å². The molecule has 2 heterocycles. The third-order valence-corrected chi connectivity index (χ3v) is 4.41. The van der Waals surface area contributed by atoms with Crippen molar-refractivity contribution in [2.75, 3.05) is 26.8 Å². The maximum atomic E-state index is 12.0. The Morgan fingerprint density at radius 1 is 1.41 bits per heavy atom. The van der Waals surface area contributed by atoms with Gasteiger partial charge in [0.1, 0.15) is 12.4 Å². The average Bonchev–Trinajstić information content (AvgIpc) is 2.55. The minimum absolute atomic E-state index is 0.0142. The zero-order chi connectivity index (χ0) is 15.5. The lowest BCUT2D eigenvalue weighted by atomic mass is 9.94. The number of Topliss-reactive ketones (excluding diaryl/α,β-unsaturated/α-hetero) is 1. The van der Waals surface area contributed by atoms with Gasteiger partial charge in [-0.25, -0.2) is 9.97 Å². The van der Waals surface area contributed by atoms with Crippen molar-refractivity contribution in [3.05, 3.63) is 23.3 Å². The molecular formula is C16H21N3O3. The third-order valence-electron chi connectivity index (χ3n) is 4.41. The van der Waals surface area contributed by atoms with Crippen LogP contribution in [0.1, 0.15) is 53.5 Å². The molecule has 1 saturated heterocycles. The van der Waals surface area contributed by atoms with Crippen LogP contribution in [0.15, 0.2) is 6.20 Å². The Morgan fingerprint density at radius 3 is 3.09 bits per heavy atom. The lowest BCUT2D eigenvalue weighted by molar-refractivity contribution is -0.136. The number of hydrogen-bond donors (Lipinski definition) is 0. The van der Waals surface area contributed by atoms with Gasteiger partial charge in [0.25, 0.3) is 0 Å². The Kier molecular flexibility index (Phi) is 4.47. The van der Waals surface area contributed by atoms with E-state index in [1.54, 1.807) is 6.20 Å². The molecule has 0 radical (unpaired) electrons. The molecule has 1 aliphatic carbocycles. The van der Waals surface area contributed by atoms with Crippen molar-refractivity contribution >= 4 is 11.7 Å². The van der Waals surface area contributed by atoms with Gasteiger partial charge in [-0.3, -0.25) is 9.59 Å². The van der Waals surface area contributed by atoms with Crippen LogP contribution in [-0.4, -0.2) is 53.4 Å². The first kappa shape index (κ1) is 15.1. The van der Waals surface area contributed by atoms with Crippen molar-refractivity contribution < 1.29 is 14.3 Å². The van der Waals surface area contributed by atoms with Gasteiger partial charge < -0.3 is 9.64 Å². The average molecular weight is 303 g/mol. The number of aryl methyl sites for hydroxylation is 1. The van der Waals surface area contributed by atoms with Gasteiger partial charge in [-0.2, -0.15) is 0 Å². The molecule has 6 nitrogen and oxygen atoms in total. The number of aromatic nitrogens is 2. The van der Waals surface area contributed by atoms with E-state index < -0.39 is 0 Å². The fourth-order valence-corrected chi connectivity index (χ4v) is 3.23. The van der Waals surface area contributed by atoms with E-state index in [2.05, 4.69) is 9.97 Å². The predicted octanol–water partition coefficient (Wildman–Crippen LogP) is 1.35. The Morgan fingerprint density at radius 2 is 2.27 bits per heavy atom. The fraction of sp³-hybridized carbons (Fsp3) is 0.625. The molecule has 0 spiro atoms. The first-order valence-corrected chi connectivity index (χ1v) is 7.84. The standard InChI is InChI=1S/C16H21N3O3/c1-22-10-15(21)19-7-3-4-11(9-19)16-17-8-12-13(18-16)5-2-6-14(12)20/h8,11H,2-7,9-10H2,1H3/t11-/m0/s1. The Balaban J connectivity index is 1.76. The molecule has 2 aliphatic rings. The molecule has 22 heavy (non-hydrogen) atoms. The predicted molar refractivity (Wildman–Crippen MR) is 79.7 cm³/mol. The topological polar surface area (TPSA) is 72.4 Å². The van der Waals surface area contributed by atoms with Crippen molar-refractivity contribution in [3.63, 3.8) is 0 Å². The van der Waals surface area contributed by atoms with E-state index in [-0.39, 0.29) is 24.2 Å². The first-order valence-electron chi connectivity index (χ1n) is 7.84. The molecule has 1 aromatic heterocycles. The molecule has 118 valence electrons. The molecule has 1 atom stereocenters. The number of ether oxygens (including phenoxy) is 1. The van der Waals surface area contributed by atoms with Gasteiger partial charge in [0.05, 0.1) is 11.3 Å². The maximum absolute atomic E-state index is 12.0. The van der Waals surface area contributed by atoms with Crippen LogP contribution >= 0.6 is 0 Å². The van der Waals surface area contributed by atoms with Crippen LogP contribution in [0.5, 0.6) is 0 Å². The summed E-state index contributed by atoms with van der Waals surface area (Å²) in [5, 5.41) is 0. The minimum atomic E-state index is 0.0142. The first-order chi connectivity index (χ1) is 10.7. The quantitative estimate of drug-likeness (QED) is 0.843. The summed E-state index contributed by atoms with van der Waals surface area (Å²) in [6, 6.07) is 0. The van der Waals surface area contributed by atoms with Crippen LogP contribution in [0.25, 0.3) is 0 Å². The third kappa shape index (κ3) is 3.02. The Labute approximate surface area is 129 Å². The fourth-order valence-electron chi connectivity index (χ4n) is 3.23. The molecule has 6 heteroatoms. The van der Waals surface area contributed by atoms with Gasteiger partial charge in [-0.05, 0) is 25.7 Å². The van der Waals surface area contributed by atoms with E-state index in [1.165, 1.54) is 7.11 Å². The molecule has 1 aromatic rings. The van der Waals surface area contributed by atoms with Gasteiger partial charge in [0.15, 0.2) is 5.78 Å². The van der Waals surface area contributed by atoms with Gasteiger partial charge in [0.2, 0.25) is 5.91 Å². The maximum Gasteiger partial charge on any atom is 0.248 e. The number of ketones is 1. The van der Waals surface area contributed by atoms with Crippen LogP contribution < -0.4 is 0 Å². The molecule has 1 fully saturated rings. The summed E-state index contributed by atoms with van der Waals surface area (Å²) >= 11 is 0. The number of likely N-dealkylation sites (tertiary alicyclic amines) is 1. The zero-order valence-corrected chi connectivity index (χ0v) is 12.9. The summed E-state index contributed by atoms with van der Waals surface area (Å²) in [4.78, 5) is 34.7. The normalized spacial score (nSPS) is 21.6. The Hall–Kier alpha value is -1.82. The Bertz CT molecular complexity index is 588. The highest BCUT2D eigenvalue weighted by Crippen LogP contribution is 2.26. The molecule has 0 N–H and O–H groups in total. The summed E-state index contributed by atoms with van der Waals surface area (Å²) in [6.45, 7) is 1.52. The second-order valence-electron chi connectivity index (χ2n) is 5.98. The summed E-state index contributed by atoms with van der Waals surface area (Å²) in [5.41, 5.74) is 1.56. The highest BCUT2D eigenvalue weighted by atomic mass is 16.5. The number of hydrogen-bond acceptors (Lipinski definition) is 5. The zero-order valence-electron chi connectivity index (χ0n) is 12.9. The summed E-state index contributed by atoms with van der Waals surface area (Å²) < 4.78 is 4.92. The highest BCUT2D eigenvalue weighted by molar-refractivity contribution is 5.97. The second kappa shape index (κ2) is 6.52.